The van der Waals surface area contributed by atoms with E-state index in [4.69, 9.17) is 4.74 Å². The zero-order valence-corrected chi connectivity index (χ0v) is 13.2. The Bertz CT molecular complexity index is 575. The van der Waals surface area contributed by atoms with Gasteiger partial charge in [-0.15, -0.1) is 10.2 Å². The summed E-state index contributed by atoms with van der Waals surface area (Å²) >= 11 is 0.394. The quantitative estimate of drug-likeness (QED) is 0.825. The second kappa shape index (κ2) is 6.21. The fourth-order valence-corrected chi connectivity index (χ4v) is 3.44. The molecule has 0 N–H and O–H groups in total. The SMILES string of the molecule is CCN1CC(N2CCOCC2)N(c2nnc(C(F)(F)F)s2)C1=O. The van der Waals surface area contributed by atoms with E-state index in [2.05, 4.69) is 10.2 Å². The van der Waals surface area contributed by atoms with Crippen molar-refractivity contribution in [3.05, 3.63) is 5.01 Å². The van der Waals surface area contributed by atoms with E-state index in [-0.39, 0.29) is 17.3 Å². The van der Waals surface area contributed by atoms with Gasteiger partial charge in [-0.2, -0.15) is 13.2 Å². The molecular weight excluding hydrogens is 335 g/mol. The number of hydrogen-bond donors (Lipinski definition) is 0. The molecule has 11 heteroatoms. The minimum absolute atomic E-state index is 0.0187. The Morgan fingerprint density at radius 1 is 1.30 bits per heavy atom. The molecule has 3 heterocycles. The summed E-state index contributed by atoms with van der Waals surface area (Å²) in [4.78, 5) is 17.4. The maximum atomic E-state index is 12.7. The number of ether oxygens (including phenoxy) is 1. The largest absolute Gasteiger partial charge is 0.445 e. The second-order valence-corrected chi connectivity index (χ2v) is 6.16. The number of likely N-dealkylation sites (N-methyl/N-ethyl adjacent to an activating group) is 1. The third kappa shape index (κ3) is 3.12. The van der Waals surface area contributed by atoms with Crippen LogP contribution in [0.1, 0.15) is 11.9 Å². The van der Waals surface area contributed by atoms with Crippen molar-refractivity contribution in [2.75, 3.05) is 44.3 Å². The fourth-order valence-electron chi connectivity index (χ4n) is 2.69. The Kier molecular flexibility index (Phi) is 4.43. The van der Waals surface area contributed by atoms with Crippen LogP contribution in [0.25, 0.3) is 0 Å². The van der Waals surface area contributed by atoms with Crippen LogP contribution in [0, 0.1) is 0 Å². The Balaban J connectivity index is 1.89. The van der Waals surface area contributed by atoms with Crippen molar-refractivity contribution in [2.24, 2.45) is 0 Å². The van der Waals surface area contributed by atoms with Gasteiger partial charge in [-0.1, -0.05) is 11.3 Å². The van der Waals surface area contributed by atoms with E-state index in [0.29, 0.717) is 50.7 Å². The lowest BCUT2D eigenvalue weighted by Crippen LogP contribution is -2.51. The number of morpholine rings is 1. The zero-order valence-electron chi connectivity index (χ0n) is 12.4. The lowest BCUT2D eigenvalue weighted by atomic mass is 10.3. The van der Waals surface area contributed by atoms with Crippen molar-refractivity contribution < 1.29 is 22.7 Å². The molecule has 0 saturated carbocycles. The van der Waals surface area contributed by atoms with E-state index < -0.39 is 11.2 Å². The van der Waals surface area contributed by atoms with Crippen LogP contribution in [0.3, 0.4) is 0 Å². The summed E-state index contributed by atoms with van der Waals surface area (Å²) in [7, 11) is 0. The molecule has 0 bridgehead atoms. The number of carbonyl (C=O) groups excluding carboxylic acids is 1. The summed E-state index contributed by atoms with van der Waals surface area (Å²) in [6.45, 7) is 5.06. The van der Waals surface area contributed by atoms with Crippen LogP contribution in [0.5, 0.6) is 0 Å². The standard InChI is InChI=1S/C12H16F3N5O2S/c1-2-18-7-8(19-3-5-22-6-4-19)20(11(18)21)10-17-16-9(23-10)12(13,14)15/h8H,2-7H2,1H3. The van der Waals surface area contributed by atoms with Gasteiger partial charge in [-0.05, 0) is 6.92 Å². The highest BCUT2D eigenvalue weighted by Crippen LogP contribution is 2.36. The molecule has 2 amide bonds. The van der Waals surface area contributed by atoms with Gasteiger partial charge in [0.2, 0.25) is 10.1 Å². The number of alkyl halides is 3. The highest BCUT2D eigenvalue weighted by molar-refractivity contribution is 7.15. The van der Waals surface area contributed by atoms with Gasteiger partial charge in [0.1, 0.15) is 6.17 Å². The average molecular weight is 351 g/mol. The van der Waals surface area contributed by atoms with Crippen LogP contribution < -0.4 is 4.90 Å². The van der Waals surface area contributed by atoms with E-state index in [1.807, 2.05) is 11.8 Å². The van der Waals surface area contributed by atoms with Gasteiger partial charge in [0.15, 0.2) is 0 Å². The van der Waals surface area contributed by atoms with Gasteiger partial charge in [0.25, 0.3) is 0 Å². The van der Waals surface area contributed by atoms with E-state index in [1.165, 1.54) is 4.90 Å². The lowest BCUT2D eigenvalue weighted by molar-refractivity contribution is -0.138. The van der Waals surface area contributed by atoms with Gasteiger partial charge in [-0.3, -0.25) is 4.90 Å². The summed E-state index contributed by atoms with van der Waals surface area (Å²) in [6.07, 6.45) is -4.90. The minimum atomic E-state index is -4.56. The Labute approximate surface area is 134 Å². The maximum Gasteiger partial charge on any atom is 0.445 e. The molecule has 2 aliphatic rings. The highest BCUT2D eigenvalue weighted by Gasteiger charge is 2.44. The first-order valence-electron chi connectivity index (χ1n) is 7.22. The van der Waals surface area contributed by atoms with Gasteiger partial charge in [0, 0.05) is 19.6 Å². The molecule has 23 heavy (non-hydrogen) atoms. The first-order valence-corrected chi connectivity index (χ1v) is 8.04. The first kappa shape index (κ1) is 16.4. The minimum Gasteiger partial charge on any atom is -0.379 e. The second-order valence-electron chi connectivity index (χ2n) is 5.21. The summed E-state index contributed by atoms with van der Waals surface area (Å²) in [5.74, 6) is 0. The van der Waals surface area contributed by atoms with Crippen LogP contribution in [-0.4, -0.2) is 71.6 Å². The molecule has 1 aromatic heterocycles. The van der Waals surface area contributed by atoms with Gasteiger partial charge >= 0.3 is 12.2 Å². The molecule has 3 rings (SSSR count). The molecule has 2 saturated heterocycles. The van der Waals surface area contributed by atoms with Crippen molar-refractivity contribution in [1.82, 2.24) is 20.0 Å². The van der Waals surface area contributed by atoms with Crippen LogP contribution >= 0.6 is 11.3 Å². The molecule has 2 fully saturated rings. The number of rotatable bonds is 3. The number of anilines is 1. The lowest BCUT2D eigenvalue weighted by Gasteiger charge is -2.34. The van der Waals surface area contributed by atoms with E-state index in [9.17, 15) is 18.0 Å². The fraction of sp³-hybridized carbons (Fsp3) is 0.750. The van der Waals surface area contributed by atoms with Crippen LogP contribution in [0.2, 0.25) is 0 Å². The molecule has 1 unspecified atom stereocenters. The molecule has 0 aromatic carbocycles. The van der Waals surface area contributed by atoms with Crippen LogP contribution in [0.15, 0.2) is 0 Å². The molecule has 128 valence electrons. The molecule has 2 aliphatic heterocycles. The number of amides is 2. The third-order valence-electron chi connectivity index (χ3n) is 3.87. The number of aromatic nitrogens is 2. The zero-order chi connectivity index (χ0) is 16.6. The number of carbonyl (C=O) groups is 1. The molecule has 7 nitrogen and oxygen atoms in total. The maximum absolute atomic E-state index is 12.7. The van der Waals surface area contributed by atoms with Crippen LogP contribution in [-0.2, 0) is 10.9 Å². The molecule has 0 aliphatic carbocycles. The monoisotopic (exact) mass is 351 g/mol. The van der Waals surface area contributed by atoms with Gasteiger partial charge in [0.05, 0.1) is 19.8 Å². The van der Waals surface area contributed by atoms with Crippen molar-refractivity contribution in [3.63, 3.8) is 0 Å². The summed E-state index contributed by atoms with van der Waals surface area (Å²) in [5, 5.41) is 5.72. The molecule has 1 aromatic rings. The molecular formula is C12H16F3N5O2S. The van der Waals surface area contributed by atoms with Crippen molar-refractivity contribution in [2.45, 2.75) is 19.3 Å². The van der Waals surface area contributed by atoms with Crippen molar-refractivity contribution in [1.29, 1.82) is 0 Å². The Morgan fingerprint density at radius 2 is 2.00 bits per heavy atom. The van der Waals surface area contributed by atoms with Gasteiger partial charge in [-0.25, -0.2) is 9.69 Å². The predicted molar refractivity (Wildman–Crippen MR) is 76.2 cm³/mol. The van der Waals surface area contributed by atoms with E-state index >= 15 is 0 Å². The predicted octanol–water partition coefficient (Wildman–Crippen LogP) is 1.48. The number of urea groups is 1. The number of hydrogen-bond acceptors (Lipinski definition) is 6. The smallest absolute Gasteiger partial charge is 0.379 e. The molecule has 0 radical (unpaired) electrons. The molecule has 0 spiro atoms. The summed E-state index contributed by atoms with van der Waals surface area (Å²) in [5.41, 5.74) is 0. The average Bonchev–Trinajstić information content (AvgIpc) is 3.12. The van der Waals surface area contributed by atoms with Crippen molar-refractivity contribution >= 4 is 22.5 Å². The van der Waals surface area contributed by atoms with E-state index in [0.717, 1.165) is 0 Å². The number of halogens is 3. The first-order chi connectivity index (χ1) is 10.9. The van der Waals surface area contributed by atoms with E-state index in [1.54, 1.807) is 4.90 Å². The third-order valence-corrected chi connectivity index (χ3v) is 4.84. The summed E-state index contributed by atoms with van der Waals surface area (Å²) in [6, 6.07) is -0.339. The topological polar surface area (TPSA) is 61.8 Å². The Morgan fingerprint density at radius 3 is 2.57 bits per heavy atom. The normalized spacial score (nSPS) is 23.8. The van der Waals surface area contributed by atoms with Crippen LogP contribution in [0.4, 0.5) is 23.1 Å². The Hall–Kier alpha value is -1.46. The highest BCUT2D eigenvalue weighted by atomic mass is 32.1. The van der Waals surface area contributed by atoms with Gasteiger partial charge < -0.3 is 9.64 Å². The summed E-state index contributed by atoms with van der Waals surface area (Å²) < 4.78 is 43.5. The number of nitrogens with zero attached hydrogens (tertiary/aromatic N) is 5. The molecule has 1 atom stereocenters. The van der Waals surface area contributed by atoms with Crippen molar-refractivity contribution in [3.8, 4) is 0 Å².